The third-order valence-electron chi connectivity index (χ3n) is 3.36. The number of rotatable bonds is 4. The molecule has 0 saturated carbocycles. The van der Waals surface area contributed by atoms with Crippen LogP contribution in [0.2, 0.25) is 0 Å². The maximum Gasteiger partial charge on any atom is 0.226 e. The Morgan fingerprint density at radius 2 is 2.24 bits per heavy atom. The van der Waals surface area contributed by atoms with E-state index in [1.807, 2.05) is 19.1 Å². The third-order valence-corrected chi connectivity index (χ3v) is 5.10. The van der Waals surface area contributed by atoms with Gasteiger partial charge < -0.3 is 15.4 Å². The zero-order valence-electron chi connectivity index (χ0n) is 12.2. The molecule has 1 atom stereocenters. The molecule has 116 valence electrons. The normalized spacial score (nSPS) is 20.8. The molecule has 1 unspecified atom stereocenters. The Labute approximate surface area is 124 Å². The highest BCUT2D eigenvalue weighted by atomic mass is 32.2. The predicted octanol–water partition coefficient (Wildman–Crippen LogP) is 0.719. The number of hydrogen-bond acceptors (Lipinski definition) is 5. The average molecular weight is 312 g/mol. The molecule has 1 aromatic rings. The number of nitrogens with one attached hydrogen (secondary N) is 2. The Hall–Kier alpha value is -1.60. The van der Waals surface area contributed by atoms with E-state index in [0.29, 0.717) is 18.0 Å². The lowest BCUT2D eigenvalue weighted by atomic mass is 10.2. The summed E-state index contributed by atoms with van der Waals surface area (Å²) in [6.07, 6.45) is 0.121. The van der Waals surface area contributed by atoms with Gasteiger partial charge in [-0.2, -0.15) is 0 Å². The molecule has 0 spiro atoms. The molecule has 21 heavy (non-hydrogen) atoms. The van der Waals surface area contributed by atoms with Crippen molar-refractivity contribution in [1.29, 1.82) is 0 Å². The highest BCUT2D eigenvalue weighted by molar-refractivity contribution is 7.91. The molecule has 1 heterocycles. The summed E-state index contributed by atoms with van der Waals surface area (Å²) in [6, 6.07) is 5.15. The summed E-state index contributed by atoms with van der Waals surface area (Å²) in [5.74, 6) is 0.502. The van der Waals surface area contributed by atoms with Gasteiger partial charge in [0.1, 0.15) is 5.75 Å². The number of hydrogen-bond donors (Lipinski definition) is 2. The zero-order valence-corrected chi connectivity index (χ0v) is 13.0. The fraction of sp³-hybridized carbons (Fsp3) is 0.500. The first kappa shape index (κ1) is 15.8. The molecule has 7 heteroatoms. The molecule has 1 amide bonds. The predicted molar refractivity (Wildman–Crippen MR) is 81.4 cm³/mol. The molecule has 0 radical (unpaired) electrons. The van der Waals surface area contributed by atoms with Crippen molar-refractivity contribution in [2.45, 2.75) is 19.4 Å². The molecule has 2 rings (SSSR count). The van der Waals surface area contributed by atoms with E-state index in [-0.39, 0.29) is 29.9 Å². The molecule has 0 aromatic heterocycles. The van der Waals surface area contributed by atoms with Crippen molar-refractivity contribution in [1.82, 2.24) is 5.32 Å². The van der Waals surface area contributed by atoms with Crippen molar-refractivity contribution >= 4 is 21.4 Å². The van der Waals surface area contributed by atoms with Crippen LogP contribution in [0.3, 0.4) is 0 Å². The number of amides is 1. The number of aryl methyl sites for hydroxylation is 1. The fourth-order valence-electron chi connectivity index (χ4n) is 2.33. The Morgan fingerprint density at radius 1 is 1.48 bits per heavy atom. The van der Waals surface area contributed by atoms with E-state index in [2.05, 4.69) is 10.6 Å². The zero-order chi connectivity index (χ0) is 15.5. The van der Waals surface area contributed by atoms with Gasteiger partial charge >= 0.3 is 0 Å². The monoisotopic (exact) mass is 312 g/mol. The number of anilines is 1. The molecule has 2 N–H and O–H groups in total. The molecule has 1 aliphatic heterocycles. The minimum Gasteiger partial charge on any atom is -0.495 e. The Balaban J connectivity index is 1.99. The van der Waals surface area contributed by atoms with E-state index in [1.54, 1.807) is 13.2 Å². The van der Waals surface area contributed by atoms with Gasteiger partial charge in [0.15, 0.2) is 9.84 Å². The van der Waals surface area contributed by atoms with Gasteiger partial charge in [-0.25, -0.2) is 8.42 Å². The van der Waals surface area contributed by atoms with Crippen molar-refractivity contribution in [2.24, 2.45) is 0 Å². The lowest BCUT2D eigenvalue weighted by molar-refractivity contribution is -0.116. The van der Waals surface area contributed by atoms with Crippen LogP contribution in [0.4, 0.5) is 5.69 Å². The smallest absolute Gasteiger partial charge is 0.226 e. The summed E-state index contributed by atoms with van der Waals surface area (Å²) in [5.41, 5.74) is 1.62. The summed E-state index contributed by atoms with van der Waals surface area (Å²) < 4.78 is 28.3. The standard InChI is InChI=1S/C14H20N2O4S/c1-10-3-4-12(13(7-10)20-2)16-14(17)8-11-9-21(18,19)6-5-15-11/h3-4,7,11,15H,5-6,8-9H2,1-2H3,(H,16,17). The number of carbonyl (C=O) groups excluding carboxylic acids is 1. The number of ether oxygens (including phenoxy) is 1. The fourth-order valence-corrected chi connectivity index (χ4v) is 3.77. The molecule has 1 aliphatic rings. The van der Waals surface area contributed by atoms with Gasteiger partial charge in [-0.3, -0.25) is 4.79 Å². The lowest BCUT2D eigenvalue weighted by Gasteiger charge is -2.23. The van der Waals surface area contributed by atoms with Crippen LogP contribution in [0.15, 0.2) is 18.2 Å². The van der Waals surface area contributed by atoms with E-state index in [1.165, 1.54) is 0 Å². The van der Waals surface area contributed by atoms with E-state index >= 15 is 0 Å². The van der Waals surface area contributed by atoms with Crippen LogP contribution >= 0.6 is 0 Å². The topological polar surface area (TPSA) is 84.5 Å². The first-order valence-electron chi connectivity index (χ1n) is 6.78. The van der Waals surface area contributed by atoms with Crippen molar-refractivity contribution < 1.29 is 17.9 Å². The van der Waals surface area contributed by atoms with Crippen LogP contribution in [-0.2, 0) is 14.6 Å². The Kier molecular flexibility index (Phi) is 4.84. The van der Waals surface area contributed by atoms with Gasteiger partial charge in [0.2, 0.25) is 5.91 Å². The van der Waals surface area contributed by atoms with Gasteiger partial charge in [-0.15, -0.1) is 0 Å². The summed E-state index contributed by atoms with van der Waals surface area (Å²) >= 11 is 0. The number of benzene rings is 1. The molecule has 1 fully saturated rings. The van der Waals surface area contributed by atoms with Crippen LogP contribution in [0, 0.1) is 6.92 Å². The van der Waals surface area contributed by atoms with Gasteiger partial charge in [-0.05, 0) is 24.6 Å². The van der Waals surface area contributed by atoms with Crippen LogP contribution in [-0.4, -0.2) is 45.5 Å². The molecule has 1 saturated heterocycles. The number of carbonyl (C=O) groups is 1. The Morgan fingerprint density at radius 3 is 2.90 bits per heavy atom. The second-order valence-electron chi connectivity index (χ2n) is 5.22. The Bertz CT molecular complexity index is 628. The van der Waals surface area contributed by atoms with Crippen molar-refractivity contribution in [3.8, 4) is 5.75 Å². The van der Waals surface area contributed by atoms with Gasteiger partial charge in [0.25, 0.3) is 0 Å². The maximum absolute atomic E-state index is 12.0. The quantitative estimate of drug-likeness (QED) is 0.856. The molecular weight excluding hydrogens is 292 g/mol. The van der Waals surface area contributed by atoms with Crippen LogP contribution < -0.4 is 15.4 Å². The van der Waals surface area contributed by atoms with E-state index in [9.17, 15) is 13.2 Å². The van der Waals surface area contributed by atoms with Crippen LogP contribution in [0.1, 0.15) is 12.0 Å². The molecular formula is C14H20N2O4S. The summed E-state index contributed by atoms with van der Waals surface area (Å²) in [5, 5.41) is 5.82. The summed E-state index contributed by atoms with van der Waals surface area (Å²) in [4.78, 5) is 12.0. The maximum atomic E-state index is 12.0. The summed E-state index contributed by atoms with van der Waals surface area (Å²) in [6.45, 7) is 2.33. The number of sulfone groups is 1. The largest absolute Gasteiger partial charge is 0.495 e. The van der Waals surface area contributed by atoms with E-state index < -0.39 is 9.84 Å². The van der Waals surface area contributed by atoms with Crippen LogP contribution in [0.5, 0.6) is 5.75 Å². The molecule has 1 aromatic carbocycles. The SMILES string of the molecule is COc1cc(C)ccc1NC(=O)CC1CS(=O)(=O)CCN1. The average Bonchev–Trinajstić information content (AvgIpc) is 2.39. The molecule has 0 bridgehead atoms. The minimum absolute atomic E-state index is 0.00541. The highest BCUT2D eigenvalue weighted by Crippen LogP contribution is 2.25. The highest BCUT2D eigenvalue weighted by Gasteiger charge is 2.26. The van der Waals surface area contributed by atoms with Gasteiger partial charge in [0.05, 0.1) is 24.3 Å². The van der Waals surface area contributed by atoms with Crippen LogP contribution in [0.25, 0.3) is 0 Å². The lowest BCUT2D eigenvalue weighted by Crippen LogP contribution is -2.46. The molecule has 6 nitrogen and oxygen atoms in total. The molecule has 0 aliphatic carbocycles. The van der Waals surface area contributed by atoms with Crippen molar-refractivity contribution in [3.05, 3.63) is 23.8 Å². The first-order chi connectivity index (χ1) is 9.89. The minimum atomic E-state index is -3.04. The van der Waals surface area contributed by atoms with E-state index in [4.69, 9.17) is 4.74 Å². The first-order valence-corrected chi connectivity index (χ1v) is 8.60. The number of methoxy groups -OCH3 is 1. The van der Waals surface area contributed by atoms with Gasteiger partial charge in [0, 0.05) is 19.0 Å². The third kappa shape index (κ3) is 4.44. The second-order valence-corrected chi connectivity index (χ2v) is 7.45. The van der Waals surface area contributed by atoms with Gasteiger partial charge in [-0.1, -0.05) is 6.07 Å². The van der Waals surface area contributed by atoms with Crippen molar-refractivity contribution in [2.75, 3.05) is 30.5 Å². The summed E-state index contributed by atoms with van der Waals surface area (Å²) in [7, 11) is -1.49. The second kappa shape index (κ2) is 6.44. The van der Waals surface area contributed by atoms with Crippen molar-refractivity contribution in [3.63, 3.8) is 0 Å². The van der Waals surface area contributed by atoms with E-state index in [0.717, 1.165) is 5.56 Å².